The summed E-state index contributed by atoms with van der Waals surface area (Å²) in [5, 5.41) is 0. The minimum Gasteiger partial charge on any atom is -0.377 e. The fourth-order valence-corrected chi connectivity index (χ4v) is 3.78. The summed E-state index contributed by atoms with van der Waals surface area (Å²) < 4.78 is 5.79. The average molecular weight is 167 g/mol. The lowest BCUT2D eigenvalue weighted by Crippen LogP contribution is -2.64. The van der Waals surface area contributed by atoms with E-state index >= 15 is 0 Å². The molecule has 0 unspecified atom stereocenters. The van der Waals surface area contributed by atoms with Crippen LogP contribution in [0, 0.1) is 17.3 Å². The van der Waals surface area contributed by atoms with Crippen LogP contribution in [0.5, 0.6) is 0 Å². The van der Waals surface area contributed by atoms with Crippen molar-refractivity contribution < 1.29 is 4.74 Å². The van der Waals surface area contributed by atoms with Gasteiger partial charge in [0, 0.05) is 12.0 Å². The summed E-state index contributed by atoms with van der Waals surface area (Å²) in [6.45, 7) is 1.89. The second-order valence-electron chi connectivity index (χ2n) is 4.67. The van der Waals surface area contributed by atoms with Gasteiger partial charge in [-0.05, 0) is 37.6 Å². The van der Waals surface area contributed by atoms with Gasteiger partial charge < -0.3 is 10.5 Å². The third-order valence-electron chi connectivity index (χ3n) is 4.50. The topological polar surface area (TPSA) is 35.2 Å². The number of hydrogen-bond acceptors (Lipinski definition) is 2. The fourth-order valence-electron chi connectivity index (χ4n) is 3.78. The highest BCUT2D eigenvalue weighted by Crippen LogP contribution is 2.66. The lowest BCUT2D eigenvalue weighted by atomic mass is 9.43. The second kappa shape index (κ2) is 2.24. The van der Waals surface area contributed by atoms with Gasteiger partial charge in [0.2, 0.25) is 0 Å². The molecule has 2 nitrogen and oxygen atoms in total. The van der Waals surface area contributed by atoms with E-state index in [4.69, 9.17) is 10.5 Å². The van der Waals surface area contributed by atoms with Crippen molar-refractivity contribution in [3.63, 3.8) is 0 Å². The van der Waals surface area contributed by atoms with Crippen molar-refractivity contribution in [2.45, 2.75) is 31.8 Å². The molecule has 2 N–H and O–H groups in total. The zero-order chi connectivity index (χ0) is 8.18. The van der Waals surface area contributed by atoms with Crippen molar-refractivity contribution in [1.82, 2.24) is 0 Å². The van der Waals surface area contributed by atoms with E-state index in [0.717, 1.165) is 25.0 Å². The fraction of sp³-hybridized carbons (Fsp3) is 1.00. The van der Waals surface area contributed by atoms with Crippen LogP contribution >= 0.6 is 0 Å². The Morgan fingerprint density at radius 1 is 1.42 bits per heavy atom. The molecule has 2 heteroatoms. The molecule has 0 aromatic carbocycles. The van der Waals surface area contributed by atoms with E-state index in [1.165, 1.54) is 25.7 Å². The van der Waals surface area contributed by atoms with E-state index in [-0.39, 0.29) is 0 Å². The van der Waals surface area contributed by atoms with Gasteiger partial charge in [0.1, 0.15) is 0 Å². The molecule has 0 aromatic rings. The van der Waals surface area contributed by atoms with Crippen LogP contribution in [-0.4, -0.2) is 19.3 Å². The van der Waals surface area contributed by atoms with Crippen LogP contribution in [0.15, 0.2) is 0 Å². The first kappa shape index (κ1) is 7.34. The van der Waals surface area contributed by atoms with Crippen LogP contribution in [0.3, 0.4) is 0 Å². The van der Waals surface area contributed by atoms with Gasteiger partial charge in [-0.3, -0.25) is 0 Å². The molecule has 0 radical (unpaired) electrons. The first-order valence-corrected chi connectivity index (χ1v) is 5.20. The minimum atomic E-state index is 0.565. The summed E-state index contributed by atoms with van der Waals surface area (Å²) in [5.74, 6) is 1.63. The molecular weight excluding hydrogens is 150 g/mol. The van der Waals surface area contributed by atoms with Crippen LogP contribution in [0.4, 0.5) is 0 Å². The van der Waals surface area contributed by atoms with E-state index in [0.29, 0.717) is 11.5 Å². The van der Waals surface area contributed by atoms with Gasteiger partial charge in [-0.25, -0.2) is 0 Å². The highest BCUT2D eigenvalue weighted by atomic mass is 16.5. The van der Waals surface area contributed by atoms with Crippen LogP contribution in [0.2, 0.25) is 0 Å². The zero-order valence-corrected chi connectivity index (χ0v) is 7.46. The molecule has 3 aliphatic rings. The number of hydrogen-bond donors (Lipinski definition) is 1. The standard InChI is InChI=1S/C10H17NO/c11-6-8-7-2-5-12-9(7)10(8)3-1-4-10/h7-9H,1-6,11H2/t7-,8+,9+/m0/s1. The molecule has 12 heavy (non-hydrogen) atoms. The predicted octanol–water partition coefficient (Wildman–Crippen LogP) is 1.15. The quantitative estimate of drug-likeness (QED) is 0.636. The molecular formula is C10H17NO. The molecule has 68 valence electrons. The van der Waals surface area contributed by atoms with Crippen molar-refractivity contribution in [2.75, 3.05) is 13.2 Å². The average Bonchev–Trinajstić information content (AvgIpc) is 2.32. The molecule has 1 aliphatic heterocycles. The van der Waals surface area contributed by atoms with E-state index in [1.807, 2.05) is 0 Å². The van der Waals surface area contributed by atoms with Crippen LogP contribution in [0.1, 0.15) is 25.7 Å². The van der Waals surface area contributed by atoms with Crippen molar-refractivity contribution in [2.24, 2.45) is 23.0 Å². The van der Waals surface area contributed by atoms with E-state index in [1.54, 1.807) is 0 Å². The molecule has 3 atom stereocenters. The van der Waals surface area contributed by atoms with Crippen molar-refractivity contribution in [1.29, 1.82) is 0 Å². The molecule has 1 spiro atoms. The monoisotopic (exact) mass is 167 g/mol. The number of ether oxygens (including phenoxy) is 1. The number of nitrogens with two attached hydrogens (primary N) is 1. The summed E-state index contributed by atoms with van der Waals surface area (Å²) in [5.41, 5.74) is 6.38. The third kappa shape index (κ3) is 0.612. The van der Waals surface area contributed by atoms with E-state index in [2.05, 4.69) is 0 Å². The van der Waals surface area contributed by atoms with Gasteiger partial charge >= 0.3 is 0 Å². The Morgan fingerprint density at radius 2 is 2.25 bits per heavy atom. The number of fused-ring (bicyclic) bond motifs is 2. The molecule has 0 bridgehead atoms. The molecule has 0 aromatic heterocycles. The zero-order valence-electron chi connectivity index (χ0n) is 7.46. The predicted molar refractivity (Wildman–Crippen MR) is 46.7 cm³/mol. The summed E-state index contributed by atoms with van der Waals surface area (Å²) >= 11 is 0. The first-order chi connectivity index (χ1) is 5.88. The summed E-state index contributed by atoms with van der Waals surface area (Å²) in [6.07, 6.45) is 6.06. The Morgan fingerprint density at radius 3 is 2.83 bits per heavy atom. The lowest BCUT2D eigenvalue weighted by Gasteiger charge is -2.63. The van der Waals surface area contributed by atoms with E-state index < -0.39 is 0 Å². The van der Waals surface area contributed by atoms with Crippen molar-refractivity contribution >= 4 is 0 Å². The molecule has 3 fully saturated rings. The molecule has 2 saturated carbocycles. The maximum Gasteiger partial charge on any atom is 0.0666 e. The van der Waals surface area contributed by atoms with Crippen LogP contribution in [0.25, 0.3) is 0 Å². The molecule has 2 aliphatic carbocycles. The van der Waals surface area contributed by atoms with Gasteiger partial charge in [-0.15, -0.1) is 0 Å². The molecule has 3 rings (SSSR count). The van der Waals surface area contributed by atoms with Gasteiger partial charge in [-0.2, -0.15) is 0 Å². The van der Waals surface area contributed by atoms with Crippen LogP contribution in [-0.2, 0) is 4.74 Å². The Kier molecular flexibility index (Phi) is 1.37. The Labute approximate surface area is 73.5 Å². The lowest BCUT2D eigenvalue weighted by molar-refractivity contribution is -0.197. The van der Waals surface area contributed by atoms with Gasteiger partial charge in [0.25, 0.3) is 0 Å². The third-order valence-corrected chi connectivity index (χ3v) is 4.50. The maximum absolute atomic E-state index is 5.82. The number of rotatable bonds is 1. The van der Waals surface area contributed by atoms with Gasteiger partial charge in [-0.1, -0.05) is 6.42 Å². The van der Waals surface area contributed by atoms with E-state index in [9.17, 15) is 0 Å². The van der Waals surface area contributed by atoms with Gasteiger partial charge in [0.05, 0.1) is 6.10 Å². The Balaban J connectivity index is 1.84. The summed E-state index contributed by atoms with van der Waals surface area (Å²) in [4.78, 5) is 0. The molecule has 1 saturated heterocycles. The normalized spacial score (nSPS) is 48.2. The Bertz CT molecular complexity index is 200. The minimum absolute atomic E-state index is 0.565. The smallest absolute Gasteiger partial charge is 0.0666 e. The van der Waals surface area contributed by atoms with Crippen molar-refractivity contribution in [3.05, 3.63) is 0 Å². The van der Waals surface area contributed by atoms with Gasteiger partial charge in [0.15, 0.2) is 0 Å². The SMILES string of the molecule is NC[C@@H]1[C@@H]2CCO[C@H]2C12CCC2. The molecule has 0 amide bonds. The second-order valence-corrected chi connectivity index (χ2v) is 4.67. The highest BCUT2D eigenvalue weighted by Gasteiger charge is 2.65. The summed E-state index contributed by atoms with van der Waals surface area (Å²) in [6, 6.07) is 0. The summed E-state index contributed by atoms with van der Waals surface area (Å²) in [7, 11) is 0. The van der Waals surface area contributed by atoms with Crippen LogP contribution < -0.4 is 5.73 Å². The largest absolute Gasteiger partial charge is 0.377 e. The maximum atomic E-state index is 5.82. The Hall–Kier alpha value is -0.0800. The molecule has 1 heterocycles. The first-order valence-electron chi connectivity index (χ1n) is 5.20. The highest BCUT2D eigenvalue weighted by molar-refractivity contribution is 5.14. The van der Waals surface area contributed by atoms with Crippen molar-refractivity contribution in [3.8, 4) is 0 Å².